The number of nitrogens with zero attached hydrogens (tertiary/aromatic N) is 1. The van der Waals surface area contributed by atoms with Gasteiger partial charge in [0.2, 0.25) is 5.91 Å². The maximum atomic E-state index is 12.4. The van der Waals surface area contributed by atoms with E-state index < -0.39 is 0 Å². The zero-order valence-corrected chi connectivity index (χ0v) is 11.4. The number of hydrogen-bond donors (Lipinski definition) is 0. The average Bonchev–Trinajstić information content (AvgIpc) is 2.81. The third-order valence-corrected chi connectivity index (χ3v) is 4.31. The van der Waals surface area contributed by atoms with Crippen molar-refractivity contribution in [1.29, 1.82) is 0 Å². The number of thioether (sulfide) groups is 1. The van der Waals surface area contributed by atoms with Gasteiger partial charge >= 0.3 is 0 Å². The van der Waals surface area contributed by atoms with Crippen molar-refractivity contribution in [3.63, 3.8) is 0 Å². The molecule has 0 radical (unpaired) electrons. The third kappa shape index (κ3) is 2.70. The van der Waals surface area contributed by atoms with Gasteiger partial charge in [0.05, 0.1) is 11.8 Å². The molecule has 2 nitrogen and oxygen atoms in total. The fourth-order valence-electron chi connectivity index (χ4n) is 2.17. The van der Waals surface area contributed by atoms with Gasteiger partial charge in [0, 0.05) is 11.4 Å². The predicted octanol–water partition coefficient (Wildman–Crippen LogP) is 2.58. The average molecular weight is 259 g/mol. The molecular formula is C15H17NOS. The van der Waals surface area contributed by atoms with Crippen molar-refractivity contribution in [2.24, 2.45) is 0 Å². The molecule has 0 N–H and O–H groups in total. The van der Waals surface area contributed by atoms with Crippen LogP contribution in [0, 0.1) is 12.3 Å². The van der Waals surface area contributed by atoms with Crippen molar-refractivity contribution in [2.45, 2.75) is 29.9 Å². The van der Waals surface area contributed by atoms with Crippen molar-refractivity contribution in [1.82, 2.24) is 4.90 Å². The second-order valence-electron chi connectivity index (χ2n) is 4.38. The maximum absolute atomic E-state index is 12.4. The summed E-state index contributed by atoms with van der Waals surface area (Å²) in [5.74, 6) is 2.75. The van der Waals surface area contributed by atoms with E-state index in [1.807, 2.05) is 12.1 Å². The summed E-state index contributed by atoms with van der Waals surface area (Å²) in [6.07, 6.45) is 7.10. The standard InChI is InChI=1S/C15H17NOS/c1-3-9-16(10-4-2)15(17)14-11-12-7-5-6-8-13(12)18-14/h1,5-8,14H,4,9-11H2,2H3. The van der Waals surface area contributed by atoms with E-state index in [-0.39, 0.29) is 11.2 Å². The summed E-state index contributed by atoms with van der Waals surface area (Å²) in [4.78, 5) is 15.4. The van der Waals surface area contributed by atoms with Gasteiger partial charge in [0.1, 0.15) is 0 Å². The van der Waals surface area contributed by atoms with E-state index in [0.29, 0.717) is 6.54 Å². The molecule has 1 unspecified atom stereocenters. The van der Waals surface area contributed by atoms with Crippen molar-refractivity contribution >= 4 is 17.7 Å². The molecule has 2 rings (SSSR count). The van der Waals surface area contributed by atoms with Gasteiger partial charge in [-0.25, -0.2) is 0 Å². The molecule has 94 valence electrons. The first kappa shape index (κ1) is 13.0. The Hall–Kier alpha value is -1.40. The molecule has 0 spiro atoms. The van der Waals surface area contributed by atoms with Gasteiger partial charge in [0.15, 0.2) is 0 Å². The molecule has 1 amide bonds. The Balaban J connectivity index is 2.06. The normalized spacial score (nSPS) is 17.0. The minimum atomic E-state index is 0.00213. The van der Waals surface area contributed by atoms with Gasteiger partial charge in [-0.1, -0.05) is 31.0 Å². The van der Waals surface area contributed by atoms with Crippen LogP contribution in [0.5, 0.6) is 0 Å². The van der Waals surface area contributed by atoms with Crippen LogP contribution in [-0.4, -0.2) is 29.1 Å². The van der Waals surface area contributed by atoms with E-state index in [0.717, 1.165) is 19.4 Å². The molecule has 1 aliphatic heterocycles. The summed E-state index contributed by atoms with van der Waals surface area (Å²) in [5, 5.41) is 0.00213. The lowest BCUT2D eigenvalue weighted by atomic mass is 10.1. The van der Waals surface area contributed by atoms with Crippen molar-refractivity contribution in [3.8, 4) is 12.3 Å². The number of fused-ring (bicyclic) bond motifs is 1. The van der Waals surface area contributed by atoms with Gasteiger partial charge in [-0.2, -0.15) is 0 Å². The van der Waals surface area contributed by atoms with Gasteiger partial charge < -0.3 is 4.90 Å². The molecule has 1 heterocycles. The summed E-state index contributed by atoms with van der Waals surface area (Å²) in [7, 11) is 0. The molecule has 1 aromatic carbocycles. The summed E-state index contributed by atoms with van der Waals surface area (Å²) >= 11 is 1.66. The molecule has 1 atom stereocenters. The Morgan fingerprint density at radius 3 is 3.00 bits per heavy atom. The highest BCUT2D eigenvalue weighted by Gasteiger charge is 2.30. The molecule has 0 fully saturated rings. The van der Waals surface area contributed by atoms with Crippen LogP contribution in [-0.2, 0) is 11.2 Å². The van der Waals surface area contributed by atoms with Crippen LogP contribution >= 0.6 is 11.8 Å². The molecular weight excluding hydrogens is 242 g/mol. The Bertz CT molecular complexity index is 453. The minimum Gasteiger partial charge on any atom is -0.331 e. The Morgan fingerprint density at radius 2 is 2.33 bits per heavy atom. The fourth-order valence-corrected chi connectivity index (χ4v) is 3.45. The molecule has 0 bridgehead atoms. The molecule has 0 aromatic heterocycles. The topological polar surface area (TPSA) is 20.3 Å². The number of rotatable bonds is 4. The van der Waals surface area contributed by atoms with E-state index in [2.05, 4.69) is 25.0 Å². The summed E-state index contributed by atoms with van der Waals surface area (Å²) in [6, 6.07) is 8.22. The first-order chi connectivity index (χ1) is 8.76. The second-order valence-corrected chi connectivity index (χ2v) is 5.63. The van der Waals surface area contributed by atoms with Crippen molar-refractivity contribution < 1.29 is 4.79 Å². The number of benzene rings is 1. The lowest BCUT2D eigenvalue weighted by molar-refractivity contribution is -0.129. The lowest BCUT2D eigenvalue weighted by Gasteiger charge is -2.22. The fraction of sp³-hybridized carbons (Fsp3) is 0.400. The van der Waals surface area contributed by atoms with E-state index in [9.17, 15) is 4.79 Å². The maximum Gasteiger partial charge on any atom is 0.237 e. The summed E-state index contributed by atoms with van der Waals surface area (Å²) in [6.45, 7) is 3.23. The highest BCUT2D eigenvalue weighted by Crippen LogP contribution is 2.37. The number of carbonyl (C=O) groups excluding carboxylic acids is 1. The van der Waals surface area contributed by atoms with Crippen LogP contribution in [0.25, 0.3) is 0 Å². The summed E-state index contributed by atoms with van der Waals surface area (Å²) < 4.78 is 0. The van der Waals surface area contributed by atoms with Gasteiger partial charge in [0.25, 0.3) is 0 Å². The van der Waals surface area contributed by atoms with Crippen molar-refractivity contribution in [3.05, 3.63) is 29.8 Å². The number of amides is 1. The quantitative estimate of drug-likeness (QED) is 0.775. The highest BCUT2D eigenvalue weighted by molar-refractivity contribution is 8.01. The number of carbonyl (C=O) groups is 1. The number of terminal acetylenes is 1. The smallest absolute Gasteiger partial charge is 0.237 e. The van der Waals surface area contributed by atoms with Crippen LogP contribution in [0.15, 0.2) is 29.2 Å². The molecule has 0 saturated heterocycles. The molecule has 3 heteroatoms. The van der Waals surface area contributed by atoms with E-state index in [1.54, 1.807) is 16.7 Å². The Labute approximate surface area is 113 Å². The monoisotopic (exact) mass is 259 g/mol. The first-order valence-electron chi connectivity index (χ1n) is 6.23. The number of hydrogen-bond acceptors (Lipinski definition) is 2. The van der Waals surface area contributed by atoms with Gasteiger partial charge in [-0.3, -0.25) is 4.79 Å². The Morgan fingerprint density at radius 1 is 1.56 bits per heavy atom. The van der Waals surface area contributed by atoms with E-state index in [1.165, 1.54) is 10.5 Å². The predicted molar refractivity (Wildman–Crippen MR) is 75.5 cm³/mol. The molecule has 0 aliphatic carbocycles. The third-order valence-electron chi connectivity index (χ3n) is 3.01. The second kappa shape index (κ2) is 5.97. The molecule has 18 heavy (non-hydrogen) atoms. The zero-order valence-electron chi connectivity index (χ0n) is 10.6. The van der Waals surface area contributed by atoms with Gasteiger partial charge in [-0.05, 0) is 24.5 Å². The first-order valence-corrected chi connectivity index (χ1v) is 7.11. The minimum absolute atomic E-state index is 0.00213. The Kier molecular flexibility index (Phi) is 4.33. The molecule has 1 aliphatic rings. The van der Waals surface area contributed by atoms with Crippen molar-refractivity contribution in [2.75, 3.05) is 13.1 Å². The molecule has 1 aromatic rings. The van der Waals surface area contributed by atoms with Crippen LogP contribution in [0.2, 0.25) is 0 Å². The lowest BCUT2D eigenvalue weighted by Crippen LogP contribution is -2.38. The summed E-state index contributed by atoms with van der Waals surface area (Å²) in [5.41, 5.74) is 1.28. The van der Waals surface area contributed by atoms with E-state index >= 15 is 0 Å². The van der Waals surface area contributed by atoms with Crippen LogP contribution in [0.4, 0.5) is 0 Å². The van der Waals surface area contributed by atoms with Gasteiger partial charge in [-0.15, -0.1) is 18.2 Å². The zero-order chi connectivity index (χ0) is 13.0. The highest BCUT2D eigenvalue weighted by atomic mass is 32.2. The van der Waals surface area contributed by atoms with Crippen LogP contribution in [0.3, 0.4) is 0 Å². The van der Waals surface area contributed by atoms with E-state index in [4.69, 9.17) is 6.42 Å². The van der Waals surface area contributed by atoms with Crippen LogP contribution < -0.4 is 0 Å². The largest absolute Gasteiger partial charge is 0.331 e. The van der Waals surface area contributed by atoms with Crippen LogP contribution in [0.1, 0.15) is 18.9 Å². The SMILES string of the molecule is C#CCN(CCC)C(=O)C1Cc2ccccc2S1. The molecule has 0 saturated carbocycles.